The van der Waals surface area contributed by atoms with Crippen molar-refractivity contribution in [1.29, 1.82) is 0 Å². The second kappa shape index (κ2) is 9.80. The zero-order chi connectivity index (χ0) is 18.8. The van der Waals surface area contributed by atoms with Gasteiger partial charge in [-0.25, -0.2) is 4.98 Å². The standard InChI is InChI=1S/C17H25F3N4O.2ClH/c1-16(2,3)14(21)15(25)23-12-6-8-24(9-7-12)13-5-4-11(10-22-13)17(18,19)20;;/h4-5,10,12,14H,6-9,21H2,1-3H3,(H,23,25);2*1H/t14-;;/m1../s1. The fourth-order valence-corrected chi connectivity index (χ4v) is 2.68. The quantitative estimate of drug-likeness (QED) is 0.770. The molecule has 1 amide bonds. The fourth-order valence-electron chi connectivity index (χ4n) is 2.68. The van der Waals surface area contributed by atoms with Crippen molar-refractivity contribution in [3.05, 3.63) is 23.9 Å². The predicted octanol–water partition coefficient (Wildman–Crippen LogP) is 3.40. The van der Waals surface area contributed by atoms with E-state index >= 15 is 0 Å². The Hall–Kier alpha value is -1.25. The Balaban J connectivity index is 0.00000338. The summed E-state index contributed by atoms with van der Waals surface area (Å²) >= 11 is 0. The summed E-state index contributed by atoms with van der Waals surface area (Å²) in [7, 11) is 0. The number of aromatic nitrogens is 1. The number of halogens is 5. The van der Waals surface area contributed by atoms with E-state index in [1.807, 2.05) is 25.7 Å². The topological polar surface area (TPSA) is 71.2 Å². The first-order valence-electron chi connectivity index (χ1n) is 8.32. The zero-order valence-corrected chi connectivity index (χ0v) is 17.2. The Morgan fingerprint density at radius 3 is 2.19 bits per heavy atom. The lowest BCUT2D eigenvalue weighted by molar-refractivity contribution is -0.137. The van der Waals surface area contributed by atoms with E-state index in [1.54, 1.807) is 0 Å². The van der Waals surface area contributed by atoms with Crippen LogP contribution < -0.4 is 16.0 Å². The minimum Gasteiger partial charge on any atom is -0.356 e. The maximum Gasteiger partial charge on any atom is 0.417 e. The number of alkyl halides is 3. The number of nitrogens with two attached hydrogens (primary N) is 1. The molecule has 1 saturated heterocycles. The highest BCUT2D eigenvalue weighted by molar-refractivity contribution is 5.85. The molecule has 27 heavy (non-hydrogen) atoms. The highest BCUT2D eigenvalue weighted by atomic mass is 35.5. The maximum atomic E-state index is 12.6. The number of carbonyl (C=O) groups is 1. The summed E-state index contributed by atoms with van der Waals surface area (Å²) in [6.45, 7) is 6.98. The predicted molar refractivity (Wildman–Crippen MR) is 105 cm³/mol. The average molecular weight is 431 g/mol. The van der Waals surface area contributed by atoms with Gasteiger partial charge in [0.05, 0.1) is 11.6 Å². The van der Waals surface area contributed by atoms with Crippen LogP contribution in [0.4, 0.5) is 19.0 Å². The van der Waals surface area contributed by atoms with E-state index in [9.17, 15) is 18.0 Å². The summed E-state index contributed by atoms with van der Waals surface area (Å²) in [6, 6.07) is 1.87. The highest BCUT2D eigenvalue weighted by Crippen LogP contribution is 2.29. The van der Waals surface area contributed by atoms with Gasteiger partial charge in [-0.15, -0.1) is 24.8 Å². The summed E-state index contributed by atoms with van der Waals surface area (Å²) in [6.07, 6.45) is -2.13. The van der Waals surface area contributed by atoms with Crippen molar-refractivity contribution >= 4 is 36.5 Å². The fraction of sp³-hybridized carbons (Fsp3) is 0.647. The summed E-state index contributed by atoms with van der Waals surface area (Å²) < 4.78 is 37.7. The molecule has 0 spiro atoms. The lowest BCUT2D eigenvalue weighted by Gasteiger charge is -2.34. The normalized spacial score (nSPS) is 16.8. The number of anilines is 1. The van der Waals surface area contributed by atoms with Crippen LogP contribution in [0.15, 0.2) is 18.3 Å². The molecule has 156 valence electrons. The van der Waals surface area contributed by atoms with E-state index < -0.39 is 17.8 Å². The molecule has 1 fully saturated rings. The van der Waals surface area contributed by atoms with Gasteiger partial charge in [0.1, 0.15) is 5.82 Å². The molecule has 1 atom stereocenters. The largest absolute Gasteiger partial charge is 0.417 e. The van der Waals surface area contributed by atoms with Crippen molar-refractivity contribution in [3.8, 4) is 0 Å². The summed E-state index contributed by atoms with van der Waals surface area (Å²) in [5.74, 6) is 0.350. The molecule has 0 unspecified atom stereocenters. The smallest absolute Gasteiger partial charge is 0.356 e. The molecule has 2 heterocycles. The van der Waals surface area contributed by atoms with Gasteiger partial charge in [-0.05, 0) is 30.4 Å². The van der Waals surface area contributed by atoms with Crippen molar-refractivity contribution in [2.45, 2.75) is 51.9 Å². The average Bonchev–Trinajstić information content (AvgIpc) is 2.53. The number of nitrogens with one attached hydrogen (secondary N) is 1. The van der Waals surface area contributed by atoms with Gasteiger partial charge in [0.2, 0.25) is 5.91 Å². The highest BCUT2D eigenvalue weighted by Gasteiger charge is 2.32. The van der Waals surface area contributed by atoms with Gasteiger partial charge < -0.3 is 16.0 Å². The summed E-state index contributed by atoms with van der Waals surface area (Å²) in [5.41, 5.74) is 4.89. The second-order valence-electron chi connectivity index (χ2n) is 7.52. The molecule has 0 aliphatic carbocycles. The second-order valence-corrected chi connectivity index (χ2v) is 7.52. The van der Waals surface area contributed by atoms with Crippen LogP contribution in [-0.4, -0.2) is 36.1 Å². The van der Waals surface area contributed by atoms with E-state index in [4.69, 9.17) is 5.73 Å². The van der Waals surface area contributed by atoms with Crippen LogP contribution in [0.2, 0.25) is 0 Å². The third kappa shape index (κ3) is 7.01. The minimum atomic E-state index is -4.38. The molecule has 10 heteroatoms. The van der Waals surface area contributed by atoms with E-state index in [1.165, 1.54) is 6.07 Å². The first-order valence-corrected chi connectivity index (χ1v) is 8.32. The molecule has 0 radical (unpaired) electrons. The molecule has 1 aromatic rings. The van der Waals surface area contributed by atoms with Crippen LogP contribution in [0, 0.1) is 5.41 Å². The van der Waals surface area contributed by atoms with E-state index in [0.29, 0.717) is 31.7 Å². The number of hydrogen-bond acceptors (Lipinski definition) is 4. The number of rotatable bonds is 3. The molecule has 1 aliphatic rings. The van der Waals surface area contributed by atoms with Crippen molar-refractivity contribution < 1.29 is 18.0 Å². The molecule has 1 aromatic heterocycles. The molecule has 0 aromatic carbocycles. The first-order chi connectivity index (χ1) is 11.5. The SMILES string of the molecule is CC(C)(C)[C@H](N)C(=O)NC1CCN(c2ccc(C(F)(F)F)cn2)CC1.Cl.Cl. The lowest BCUT2D eigenvalue weighted by atomic mass is 9.86. The Morgan fingerprint density at radius 1 is 1.22 bits per heavy atom. The van der Waals surface area contributed by atoms with Crippen molar-refractivity contribution in [2.24, 2.45) is 11.1 Å². The van der Waals surface area contributed by atoms with Crippen molar-refractivity contribution in [3.63, 3.8) is 0 Å². The minimum absolute atomic E-state index is 0. The third-order valence-corrected chi connectivity index (χ3v) is 4.46. The van der Waals surface area contributed by atoms with Crippen LogP contribution in [-0.2, 0) is 11.0 Å². The number of carbonyl (C=O) groups excluding carboxylic acids is 1. The van der Waals surface area contributed by atoms with Crippen molar-refractivity contribution in [1.82, 2.24) is 10.3 Å². The van der Waals surface area contributed by atoms with E-state index in [-0.39, 0.29) is 42.2 Å². The summed E-state index contributed by atoms with van der Waals surface area (Å²) in [4.78, 5) is 18.0. The third-order valence-electron chi connectivity index (χ3n) is 4.46. The molecule has 2 rings (SSSR count). The van der Waals surface area contributed by atoms with Crippen LogP contribution in [0.1, 0.15) is 39.2 Å². The van der Waals surface area contributed by atoms with Crippen LogP contribution in [0.5, 0.6) is 0 Å². The number of nitrogens with zero attached hydrogens (tertiary/aromatic N) is 2. The lowest BCUT2D eigenvalue weighted by Crippen LogP contribution is -2.53. The Morgan fingerprint density at radius 2 is 1.78 bits per heavy atom. The van der Waals surface area contributed by atoms with Gasteiger partial charge in [-0.1, -0.05) is 20.8 Å². The van der Waals surface area contributed by atoms with Crippen LogP contribution in [0.3, 0.4) is 0 Å². The number of hydrogen-bond donors (Lipinski definition) is 2. The Kier molecular flexibility index (Phi) is 9.34. The summed E-state index contributed by atoms with van der Waals surface area (Å²) in [5, 5.41) is 2.97. The van der Waals surface area contributed by atoms with Gasteiger partial charge >= 0.3 is 6.18 Å². The molecule has 0 saturated carbocycles. The van der Waals surface area contributed by atoms with E-state index in [0.717, 1.165) is 12.3 Å². The Labute approximate surface area is 170 Å². The Bertz CT molecular complexity index is 598. The van der Waals surface area contributed by atoms with Crippen LogP contribution >= 0.6 is 24.8 Å². The van der Waals surface area contributed by atoms with Crippen molar-refractivity contribution in [2.75, 3.05) is 18.0 Å². The molecular formula is C17H27Cl2F3N4O. The molecule has 1 aliphatic heterocycles. The van der Waals surface area contributed by atoms with Gasteiger partial charge in [0, 0.05) is 25.3 Å². The molecular weight excluding hydrogens is 404 g/mol. The van der Waals surface area contributed by atoms with E-state index in [2.05, 4.69) is 10.3 Å². The maximum absolute atomic E-state index is 12.6. The number of amides is 1. The zero-order valence-electron chi connectivity index (χ0n) is 15.5. The monoisotopic (exact) mass is 430 g/mol. The first kappa shape index (κ1) is 25.8. The molecule has 5 nitrogen and oxygen atoms in total. The molecule has 3 N–H and O–H groups in total. The number of pyridine rings is 1. The van der Waals surface area contributed by atoms with Gasteiger partial charge in [-0.3, -0.25) is 4.79 Å². The van der Waals surface area contributed by atoms with Crippen LogP contribution in [0.25, 0.3) is 0 Å². The number of piperidine rings is 1. The van der Waals surface area contributed by atoms with Gasteiger partial charge in [-0.2, -0.15) is 13.2 Å². The van der Waals surface area contributed by atoms with Gasteiger partial charge in [0.25, 0.3) is 0 Å². The molecule has 0 bridgehead atoms. The van der Waals surface area contributed by atoms with Gasteiger partial charge in [0.15, 0.2) is 0 Å².